The zero-order valence-corrected chi connectivity index (χ0v) is 23.1. The Hall–Kier alpha value is -3.81. The van der Waals surface area contributed by atoms with Crippen molar-refractivity contribution >= 4 is 17.8 Å². The van der Waals surface area contributed by atoms with E-state index in [-0.39, 0.29) is 17.8 Å². The van der Waals surface area contributed by atoms with E-state index in [2.05, 4.69) is 17.4 Å². The number of hydrogen-bond acceptors (Lipinski definition) is 6. The zero-order chi connectivity index (χ0) is 28.3. The number of aryl methyl sites for hydroxylation is 2. The van der Waals surface area contributed by atoms with E-state index in [1.165, 1.54) is 0 Å². The number of nitrogens with one attached hydrogen (secondary N) is 1. The lowest BCUT2D eigenvalue weighted by atomic mass is 9.86. The van der Waals surface area contributed by atoms with Gasteiger partial charge in [-0.2, -0.15) is 0 Å². The highest BCUT2D eigenvalue weighted by Crippen LogP contribution is 2.32. The molecule has 1 aliphatic heterocycles. The number of amides is 1. The highest BCUT2D eigenvalue weighted by molar-refractivity contribution is 6.03. The lowest BCUT2D eigenvalue weighted by Gasteiger charge is -2.28. The maximum absolute atomic E-state index is 13.3. The van der Waals surface area contributed by atoms with E-state index >= 15 is 0 Å². The van der Waals surface area contributed by atoms with E-state index < -0.39 is 35.1 Å². The summed E-state index contributed by atoms with van der Waals surface area (Å²) in [4.78, 5) is 37.6. The molecule has 0 aliphatic carbocycles. The Kier molecular flexibility index (Phi) is 8.54. The molecule has 0 aromatic heterocycles. The second-order valence-corrected chi connectivity index (χ2v) is 11.0. The minimum Gasteiger partial charge on any atom is -0.497 e. The Balaban J connectivity index is 1.80. The summed E-state index contributed by atoms with van der Waals surface area (Å²) >= 11 is 0. The molecule has 1 atom stereocenters. The largest absolute Gasteiger partial charge is 0.497 e. The molecule has 1 fully saturated rings. The van der Waals surface area contributed by atoms with Crippen LogP contribution in [-0.2, 0) is 30.3 Å². The van der Waals surface area contributed by atoms with Gasteiger partial charge in [0.15, 0.2) is 0 Å². The summed E-state index contributed by atoms with van der Waals surface area (Å²) in [6.07, 6.45) is 1.39. The number of carbonyl (C=O) groups excluding carboxylic acids is 2. The standard InChI is InChI=1S/C30H37NO7/c1-18-16-19(14-15-22(18)20-11-9-12-21(17-20)36-7)10-8-13-23(24-28(35)38-30(5,6)37-24)26(32)31-25(27(33)34)29(2,3)4/h9,11-12,14-17,25H,8,10,13H2,1-7H3,(H,31,32)(H,33,34)/b24-23-/t25-/m1/s1. The fraction of sp³-hybridized carbons (Fsp3) is 0.433. The fourth-order valence-corrected chi connectivity index (χ4v) is 4.42. The average molecular weight is 524 g/mol. The zero-order valence-electron chi connectivity index (χ0n) is 23.1. The maximum Gasteiger partial charge on any atom is 0.377 e. The molecule has 2 N–H and O–H groups in total. The Bertz CT molecular complexity index is 1250. The summed E-state index contributed by atoms with van der Waals surface area (Å²) in [7, 11) is 1.64. The molecule has 0 radical (unpaired) electrons. The maximum atomic E-state index is 13.3. The van der Waals surface area contributed by atoms with Crippen molar-refractivity contribution in [3.8, 4) is 16.9 Å². The Labute approximate surface area is 224 Å². The van der Waals surface area contributed by atoms with Gasteiger partial charge >= 0.3 is 11.9 Å². The molecule has 0 spiro atoms. The van der Waals surface area contributed by atoms with Crippen molar-refractivity contribution in [3.63, 3.8) is 0 Å². The summed E-state index contributed by atoms with van der Waals surface area (Å²) in [6.45, 7) is 10.4. The summed E-state index contributed by atoms with van der Waals surface area (Å²) in [5.74, 6) is -3.13. The van der Waals surface area contributed by atoms with Gasteiger partial charge in [0, 0.05) is 13.8 Å². The molecule has 8 nitrogen and oxygen atoms in total. The number of rotatable bonds is 9. The molecule has 2 aromatic carbocycles. The first kappa shape index (κ1) is 28.8. The van der Waals surface area contributed by atoms with Gasteiger partial charge in [0.05, 0.1) is 12.7 Å². The number of esters is 1. The summed E-state index contributed by atoms with van der Waals surface area (Å²) < 4.78 is 16.2. The summed E-state index contributed by atoms with van der Waals surface area (Å²) in [5, 5.41) is 12.2. The van der Waals surface area contributed by atoms with E-state index in [9.17, 15) is 19.5 Å². The number of cyclic esters (lactones) is 1. The van der Waals surface area contributed by atoms with Gasteiger partial charge in [0.2, 0.25) is 11.5 Å². The van der Waals surface area contributed by atoms with Crippen LogP contribution in [0, 0.1) is 12.3 Å². The second kappa shape index (κ2) is 11.3. The first-order chi connectivity index (χ1) is 17.7. The molecule has 204 valence electrons. The number of benzene rings is 2. The van der Waals surface area contributed by atoms with Crippen LogP contribution in [0.1, 0.15) is 58.6 Å². The quantitative estimate of drug-likeness (QED) is 0.344. The highest BCUT2D eigenvalue weighted by Gasteiger charge is 2.41. The van der Waals surface area contributed by atoms with Crippen molar-refractivity contribution in [2.45, 2.75) is 72.6 Å². The van der Waals surface area contributed by atoms with Gasteiger partial charge in [-0.25, -0.2) is 9.59 Å². The van der Waals surface area contributed by atoms with Gasteiger partial charge in [-0.3, -0.25) is 4.79 Å². The summed E-state index contributed by atoms with van der Waals surface area (Å²) in [5.41, 5.74) is 3.68. The first-order valence-electron chi connectivity index (χ1n) is 12.6. The average Bonchev–Trinajstić information content (AvgIpc) is 3.10. The molecule has 1 aliphatic rings. The van der Waals surface area contributed by atoms with Crippen LogP contribution in [0.3, 0.4) is 0 Å². The molecule has 8 heteroatoms. The number of carboxylic acid groups (broad SMARTS) is 1. The smallest absolute Gasteiger partial charge is 0.377 e. The van der Waals surface area contributed by atoms with Crippen LogP contribution in [0.2, 0.25) is 0 Å². The number of methoxy groups -OCH3 is 1. The Morgan fingerprint density at radius 1 is 1.11 bits per heavy atom. The fourth-order valence-electron chi connectivity index (χ4n) is 4.42. The van der Waals surface area contributed by atoms with Gasteiger partial charge in [0.1, 0.15) is 11.8 Å². The third-order valence-electron chi connectivity index (χ3n) is 6.37. The number of hydrogen-bond donors (Lipinski definition) is 2. The SMILES string of the molecule is COc1cccc(-c2ccc(CCC/C(C(=O)N[C@H](C(=O)O)C(C)(C)C)=C3/OC(C)(C)OC3=O)cc2C)c1. The monoisotopic (exact) mass is 523 g/mol. The molecular formula is C30H37NO7. The van der Waals surface area contributed by atoms with Gasteiger partial charge in [-0.1, -0.05) is 51.1 Å². The second-order valence-electron chi connectivity index (χ2n) is 11.0. The molecule has 2 aromatic rings. The van der Waals surface area contributed by atoms with E-state index in [1.807, 2.05) is 37.3 Å². The lowest BCUT2D eigenvalue weighted by Crippen LogP contribution is -2.49. The predicted octanol–water partition coefficient (Wildman–Crippen LogP) is 5.17. The number of aliphatic carboxylic acids is 1. The Morgan fingerprint density at radius 3 is 2.37 bits per heavy atom. The van der Waals surface area contributed by atoms with Crippen LogP contribution >= 0.6 is 0 Å². The van der Waals surface area contributed by atoms with Crippen LogP contribution < -0.4 is 10.1 Å². The van der Waals surface area contributed by atoms with Crippen molar-refractivity contribution in [1.82, 2.24) is 5.32 Å². The minimum absolute atomic E-state index is 0.0841. The van der Waals surface area contributed by atoms with Crippen molar-refractivity contribution in [2.24, 2.45) is 5.41 Å². The summed E-state index contributed by atoms with van der Waals surface area (Å²) in [6, 6.07) is 12.9. The number of carbonyl (C=O) groups is 3. The first-order valence-corrected chi connectivity index (χ1v) is 12.6. The van der Waals surface area contributed by atoms with Crippen LogP contribution in [0.4, 0.5) is 0 Å². The van der Waals surface area contributed by atoms with Crippen LogP contribution in [0.5, 0.6) is 5.75 Å². The third-order valence-corrected chi connectivity index (χ3v) is 6.37. The van der Waals surface area contributed by atoms with E-state index in [0.717, 1.165) is 28.0 Å². The minimum atomic E-state index is -1.21. The molecule has 1 heterocycles. The normalized spacial score (nSPS) is 16.8. The van der Waals surface area contributed by atoms with Crippen LogP contribution in [-0.4, -0.2) is 41.9 Å². The van der Waals surface area contributed by atoms with Crippen molar-refractivity contribution in [1.29, 1.82) is 0 Å². The molecule has 0 saturated carbocycles. The highest BCUT2D eigenvalue weighted by atomic mass is 16.8. The molecule has 0 bridgehead atoms. The van der Waals surface area contributed by atoms with Gasteiger partial charge in [-0.15, -0.1) is 0 Å². The van der Waals surface area contributed by atoms with E-state index in [0.29, 0.717) is 12.8 Å². The van der Waals surface area contributed by atoms with Crippen molar-refractivity contribution in [2.75, 3.05) is 7.11 Å². The van der Waals surface area contributed by atoms with Crippen LogP contribution in [0.25, 0.3) is 11.1 Å². The predicted molar refractivity (Wildman–Crippen MR) is 143 cm³/mol. The molecule has 0 unspecified atom stereocenters. The lowest BCUT2D eigenvalue weighted by molar-refractivity contribution is -0.159. The van der Waals surface area contributed by atoms with E-state index in [1.54, 1.807) is 41.7 Å². The van der Waals surface area contributed by atoms with Gasteiger partial charge < -0.3 is 24.6 Å². The topological polar surface area (TPSA) is 111 Å². The molecular weight excluding hydrogens is 486 g/mol. The molecule has 1 saturated heterocycles. The molecule has 38 heavy (non-hydrogen) atoms. The number of ether oxygens (including phenoxy) is 3. The molecule has 3 rings (SSSR count). The van der Waals surface area contributed by atoms with Gasteiger partial charge in [0.25, 0.3) is 5.91 Å². The van der Waals surface area contributed by atoms with Crippen molar-refractivity contribution < 1.29 is 33.7 Å². The molecule has 1 amide bonds. The van der Waals surface area contributed by atoms with Crippen LogP contribution in [0.15, 0.2) is 53.8 Å². The third kappa shape index (κ3) is 6.94. The van der Waals surface area contributed by atoms with Crippen molar-refractivity contribution in [3.05, 3.63) is 64.9 Å². The van der Waals surface area contributed by atoms with E-state index in [4.69, 9.17) is 14.2 Å². The number of carboxylic acids is 1. The van der Waals surface area contributed by atoms with Gasteiger partial charge in [-0.05, 0) is 66.0 Å². The Morgan fingerprint density at radius 2 is 1.82 bits per heavy atom.